The van der Waals surface area contributed by atoms with Crippen molar-refractivity contribution >= 4 is 29.6 Å². The highest BCUT2D eigenvalue weighted by Crippen LogP contribution is 2.22. The third kappa shape index (κ3) is 11.1. The zero-order chi connectivity index (χ0) is 29.3. The van der Waals surface area contributed by atoms with Crippen LogP contribution in [0.2, 0.25) is 0 Å². The van der Waals surface area contributed by atoms with E-state index >= 15 is 0 Å². The maximum Gasteiger partial charge on any atom is 0.326 e. The van der Waals surface area contributed by atoms with Gasteiger partial charge in [-0.25, -0.2) is 4.79 Å². The first-order valence-electron chi connectivity index (χ1n) is 13.3. The third-order valence-electron chi connectivity index (χ3n) is 6.78. The normalized spacial score (nSPS) is 17.2. The summed E-state index contributed by atoms with van der Waals surface area (Å²) < 4.78 is 11.9. The lowest BCUT2D eigenvalue weighted by Crippen LogP contribution is -2.46. The Morgan fingerprint density at radius 1 is 1.05 bits per heavy atom. The highest BCUT2D eigenvalue weighted by molar-refractivity contribution is 6.03. The fourth-order valence-corrected chi connectivity index (χ4v) is 4.26. The Morgan fingerprint density at radius 3 is 2.16 bits per heavy atom. The molecule has 2 atom stereocenters. The van der Waals surface area contributed by atoms with E-state index in [1.165, 1.54) is 11.9 Å². The molecular weight excluding hydrogens is 494 g/mol. The lowest BCUT2D eigenvalue weighted by Gasteiger charge is -2.31. The average molecular weight is 542 g/mol. The van der Waals surface area contributed by atoms with Crippen LogP contribution in [-0.2, 0) is 33.4 Å². The highest BCUT2D eigenvalue weighted by atomic mass is 16.5. The van der Waals surface area contributed by atoms with E-state index in [1.807, 2.05) is 27.7 Å². The molecule has 11 heteroatoms. The second-order valence-corrected chi connectivity index (χ2v) is 11.6. The Bertz CT molecular complexity index is 855. The standard InChI is InChI=1S/C27H47N3O8/c1-18(2)23(25(35)36)29(8)21(32)9-11-26(4,5)37-15-12-27(6,7)38-16-13-28-20(31)10-14-30-22(33)17-19(3)24(30)34/h18-19,23H,9-17H2,1-8H3,(H,28,31)(H,35,36). The maximum atomic E-state index is 12.5. The molecule has 0 aromatic rings. The number of aliphatic carboxylic acids is 1. The van der Waals surface area contributed by atoms with Gasteiger partial charge in [-0.05, 0) is 46.5 Å². The van der Waals surface area contributed by atoms with E-state index in [0.29, 0.717) is 32.6 Å². The summed E-state index contributed by atoms with van der Waals surface area (Å²) in [4.78, 5) is 62.3. The van der Waals surface area contributed by atoms with Crippen molar-refractivity contribution in [3.05, 3.63) is 0 Å². The van der Waals surface area contributed by atoms with Gasteiger partial charge in [0.15, 0.2) is 0 Å². The molecule has 1 saturated heterocycles. The van der Waals surface area contributed by atoms with Crippen LogP contribution in [-0.4, -0.2) is 95.1 Å². The summed E-state index contributed by atoms with van der Waals surface area (Å²) in [5.41, 5.74) is -1.08. The Hall–Kier alpha value is -2.53. The number of nitrogens with zero attached hydrogens (tertiary/aromatic N) is 2. The van der Waals surface area contributed by atoms with Gasteiger partial charge in [0.2, 0.25) is 23.6 Å². The smallest absolute Gasteiger partial charge is 0.326 e. The van der Waals surface area contributed by atoms with E-state index < -0.39 is 23.2 Å². The minimum atomic E-state index is -1.02. The van der Waals surface area contributed by atoms with E-state index in [1.54, 1.807) is 20.8 Å². The molecule has 0 aromatic heterocycles. The van der Waals surface area contributed by atoms with E-state index in [-0.39, 0.29) is 61.3 Å². The summed E-state index contributed by atoms with van der Waals surface area (Å²) in [6.07, 6.45) is 1.47. The first kappa shape index (κ1) is 33.5. The molecule has 2 unspecified atom stereocenters. The van der Waals surface area contributed by atoms with Crippen LogP contribution >= 0.6 is 0 Å². The zero-order valence-corrected chi connectivity index (χ0v) is 24.3. The fourth-order valence-electron chi connectivity index (χ4n) is 4.26. The molecular formula is C27H47N3O8. The largest absolute Gasteiger partial charge is 0.480 e. The number of imide groups is 1. The topological polar surface area (TPSA) is 143 Å². The number of carboxylic acids is 1. The lowest BCUT2D eigenvalue weighted by molar-refractivity contribution is -0.151. The van der Waals surface area contributed by atoms with Gasteiger partial charge < -0.3 is 24.8 Å². The lowest BCUT2D eigenvalue weighted by atomic mass is 9.99. The van der Waals surface area contributed by atoms with Gasteiger partial charge in [-0.2, -0.15) is 0 Å². The van der Waals surface area contributed by atoms with Crippen LogP contribution in [0.25, 0.3) is 0 Å². The summed E-state index contributed by atoms with van der Waals surface area (Å²) >= 11 is 0. The minimum Gasteiger partial charge on any atom is -0.480 e. The second-order valence-electron chi connectivity index (χ2n) is 11.6. The number of carbonyl (C=O) groups is 5. The summed E-state index contributed by atoms with van der Waals surface area (Å²) in [7, 11) is 1.52. The Labute approximate surface area is 226 Å². The average Bonchev–Trinajstić information content (AvgIpc) is 3.03. The zero-order valence-electron chi connectivity index (χ0n) is 24.3. The number of hydrogen-bond donors (Lipinski definition) is 2. The fraction of sp³-hybridized carbons (Fsp3) is 0.815. The highest BCUT2D eigenvalue weighted by Gasteiger charge is 2.35. The number of nitrogens with one attached hydrogen (secondary N) is 1. The quantitative estimate of drug-likeness (QED) is 0.211. The predicted molar refractivity (Wildman–Crippen MR) is 141 cm³/mol. The molecule has 1 rings (SSSR count). The minimum absolute atomic E-state index is 0.0588. The van der Waals surface area contributed by atoms with Crippen LogP contribution in [0.4, 0.5) is 0 Å². The van der Waals surface area contributed by atoms with E-state index in [2.05, 4.69) is 5.32 Å². The van der Waals surface area contributed by atoms with Gasteiger partial charge in [0.05, 0.1) is 24.4 Å². The van der Waals surface area contributed by atoms with Crippen molar-refractivity contribution < 1.29 is 38.6 Å². The summed E-state index contributed by atoms with van der Waals surface area (Å²) in [6.45, 7) is 14.0. The monoisotopic (exact) mass is 541 g/mol. The molecule has 4 amide bonds. The van der Waals surface area contributed by atoms with Gasteiger partial charge in [-0.1, -0.05) is 20.8 Å². The van der Waals surface area contributed by atoms with Crippen LogP contribution in [0.3, 0.4) is 0 Å². The molecule has 2 N–H and O–H groups in total. The molecule has 0 aromatic carbocycles. The molecule has 1 aliphatic heterocycles. The number of carboxylic acid groups (broad SMARTS) is 1. The van der Waals surface area contributed by atoms with Crippen molar-refractivity contribution in [3.63, 3.8) is 0 Å². The molecule has 218 valence electrons. The van der Waals surface area contributed by atoms with Crippen molar-refractivity contribution in [2.45, 2.75) is 97.8 Å². The second kappa shape index (κ2) is 14.6. The number of hydrogen-bond acceptors (Lipinski definition) is 7. The summed E-state index contributed by atoms with van der Waals surface area (Å²) in [6, 6.07) is -0.864. The first-order chi connectivity index (χ1) is 17.5. The van der Waals surface area contributed by atoms with Gasteiger partial charge in [0.25, 0.3) is 0 Å². The van der Waals surface area contributed by atoms with Crippen LogP contribution in [0, 0.1) is 11.8 Å². The summed E-state index contributed by atoms with van der Waals surface area (Å²) in [5.74, 6) is -2.48. The Kier molecular flexibility index (Phi) is 12.8. The maximum absolute atomic E-state index is 12.5. The number of amides is 4. The van der Waals surface area contributed by atoms with Crippen molar-refractivity contribution in [2.24, 2.45) is 11.8 Å². The first-order valence-corrected chi connectivity index (χ1v) is 13.3. The number of likely N-dealkylation sites (tertiary alicyclic amines) is 1. The molecule has 1 aliphatic rings. The molecule has 0 saturated carbocycles. The van der Waals surface area contributed by atoms with Crippen LogP contribution < -0.4 is 5.32 Å². The van der Waals surface area contributed by atoms with Gasteiger partial charge in [-0.15, -0.1) is 0 Å². The molecule has 0 bridgehead atoms. The predicted octanol–water partition coefficient (Wildman–Crippen LogP) is 2.22. The van der Waals surface area contributed by atoms with Crippen LogP contribution in [0.5, 0.6) is 0 Å². The van der Waals surface area contributed by atoms with E-state index in [4.69, 9.17) is 9.47 Å². The molecule has 1 fully saturated rings. The van der Waals surface area contributed by atoms with Gasteiger partial charge in [0, 0.05) is 45.3 Å². The van der Waals surface area contributed by atoms with Gasteiger partial charge in [-0.3, -0.25) is 24.1 Å². The molecule has 1 heterocycles. The number of ether oxygens (including phenoxy) is 2. The Morgan fingerprint density at radius 2 is 1.63 bits per heavy atom. The molecule has 0 spiro atoms. The van der Waals surface area contributed by atoms with Crippen molar-refractivity contribution in [1.29, 1.82) is 0 Å². The molecule has 11 nitrogen and oxygen atoms in total. The van der Waals surface area contributed by atoms with Crippen molar-refractivity contribution in [1.82, 2.24) is 15.1 Å². The molecule has 0 aliphatic carbocycles. The third-order valence-corrected chi connectivity index (χ3v) is 6.78. The number of carbonyl (C=O) groups excluding carboxylic acids is 4. The summed E-state index contributed by atoms with van der Waals surface area (Å²) in [5, 5.41) is 12.1. The van der Waals surface area contributed by atoms with Crippen LogP contribution in [0.15, 0.2) is 0 Å². The van der Waals surface area contributed by atoms with Crippen molar-refractivity contribution in [3.8, 4) is 0 Å². The van der Waals surface area contributed by atoms with E-state index in [9.17, 15) is 29.1 Å². The molecule has 0 radical (unpaired) electrons. The number of rotatable bonds is 17. The van der Waals surface area contributed by atoms with Gasteiger partial charge >= 0.3 is 5.97 Å². The van der Waals surface area contributed by atoms with E-state index in [0.717, 1.165) is 4.90 Å². The molecule has 38 heavy (non-hydrogen) atoms. The van der Waals surface area contributed by atoms with Crippen molar-refractivity contribution in [2.75, 3.05) is 33.4 Å². The van der Waals surface area contributed by atoms with Crippen LogP contribution in [0.1, 0.15) is 80.6 Å². The van der Waals surface area contributed by atoms with Gasteiger partial charge in [0.1, 0.15) is 6.04 Å². The number of likely N-dealkylation sites (N-methyl/N-ethyl adjacent to an activating group) is 1. The Balaban J connectivity index is 2.30. The SMILES string of the molecule is CC1CC(=O)N(CCC(=O)NCCOC(C)(C)CCOC(C)(C)CCC(=O)N(C)C(C(=O)O)C(C)C)C1=O.